The van der Waals surface area contributed by atoms with Gasteiger partial charge in [0.2, 0.25) is 5.91 Å². The van der Waals surface area contributed by atoms with E-state index in [-0.39, 0.29) is 17.5 Å². The predicted molar refractivity (Wildman–Crippen MR) is 114 cm³/mol. The summed E-state index contributed by atoms with van der Waals surface area (Å²) in [5.74, 6) is -0.00366. The van der Waals surface area contributed by atoms with Crippen LogP contribution in [-0.4, -0.2) is 38.5 Å². The quantitative estimate of drug-likeness (QED) is 0.585. The third-order valence-corrected chi connectivity index (χ3v) is 4.64. The Morgan fingerprint density at radius 1 is 1.10 bits per heavy atom. The molecule has 0 saturated carbocycles. The van der Waals surface area contributed by atoms with E-state index in [9.17, 15) is 9.59 Å². The number of nitrogens with zero attached hydrogens (tertiary/aromatic N) is 4. The Balaban J connectivity index is 1.75. The van der Waals surface area contributed by atoms with Crippen LogP contribution in [0, 0.1) is 6.92 Å². The summed E-state index contributed by atoms with van der Waals surface area (Å²) in [6, 6.07) is 7.30. The molecule has 0 atom stereocenters. The summed E-state index contributed by atoms with van der Waals surface area (Å²) in [6.07, 6.45) is 6.12. The smallest absolute Gasteiger partial charge is 0.276 e. The average Bonchev–Trinajstić information content (AvgIpc) is 3.30. The Hall–Kier alpha value is -3.88. The number of carbonyl (C=O) groups is 2. The topological polar surface area (TPSA) is 103 Å². The van der Waals surface area contributed by atoms with Crippen molar-refractivity contribution in [1.82, 2.24) is 19.6 Å². The van der Waals surface area contributed by atoms with Gasteiger partial charge in [0, 0.05) is 19.7 Å². The zero-order valence-corrected chi connectivity index (χ0v) is 17.3. The van der Waals surface area contributed by atoms with Crippen LogP contribution in [0.1, 0.15) is 28.7 Å². The number of hydrogen-bond donors (Lipinski definition) is 2. The van der Waals surface area contributed by atoms with E-state index >= 15 is 0 Å². The third kappa shape index (κ3) is 4.57. The van der Waals surface area contributed by atoms with Crippen LogP contribution in [0.2, 0.25) is 0 Å². The van der Waals surface area contributed by atoms with Crippen molar-refractivity contribution in [3.05, 3.63) is 59.7 Å². The maximum atomic E-state index is 12.9. The van der Waals surface area contributed by atoms with Crippen molar-refractivity contribution in [3.8, 4) is 5.75 Å². The first-order valence-electron chi connectivity index (χ1n) is 9.41. The maximum Gasteiger partial charge on any atom is 0.276 e. The summed E-state index contributed by atoms with van der Waals surface area (Å²) in [5, 5.41) is 13.9. The zero-order chi connectivity index (χ0) is 21.7. The van der Waals surface area contributed by atoms with Gasteiger partial charge < -0.3 is 15.4 Å². The summed E-state index contributed by atoms with van der Waals surface area (Å²) >= 11 is 0. The largest absolute Gasteiger partial charge is 0.497 e. The average molecular weight is 408 g/mol. The van der Waals surface area contributed by atoms with Crippen LogP contribution in [0.25, 0.3) is 6.08 Å². The molecule has 0 fully saturated rings. The Morgan fingerprint density at radius 2 is 1.80 bits per heavy atom. The van der Waals surface area contributed by atoms with Crippen molar-refractivity contribution in [2.24, 2.45) is 7.05 Å². The van der Waals surface area contributed by atoms with Crippen molar-refractivity contribution in [1.29, 1.82) is 0 Å². The van der Waals surface area contributed by atoms with Crippen molar-refractivity contribution in [2.45, 2.75) is 20.4 Å². The van der Waals surface area contributed by atoms with E-state index in [1.54, 1.807) is 31.1 Å². The van der Waals surface area contributed by atoms with Crippen molar-refractivity contribution in [3.63, 3.8) is 0 Å². The molecule has 2 N–H and O–H groups in total. The molecule has 0 aliphatic rings. The van der Waals surface area contributed by atoms with Crippen LogP contribution in [0.4, 0.5) is 11.4 Å². The van der Waals surface area contributed by atoms with Gasteiger partial charge in [-0.15, -0.1) is 0 Å². The predicted octanol–water partition coefficient (Wildman–Crippen LogP) is 2.86. The first-order valence-corrected chi connectivity index (χ1v) is 9.41. The van der Waals surface area contributed by atoms with Crippen LogP contribution in [0.3, 0.4) is 0 Å². The minimum Gasteiger partial charge on any atom is -0.497 e. The molecule has 9 nitrogen and oxygen atoms in total. The van der Waals surface area contributed by atoms with Gasteiger partial charge in [0.1, 0.15) is 11.4 Å². The molecule has 3 aromatic rings. The van der Waals surface area contributed by atoms with E-state index in [0.29, 0.717) is 17.9 Å². The molecular formula is C21H24N6O3. The number of amides is 2. The molecule has 9 heteroatoms. The molecule has 30 heavy (non-hydrogen) atoms. The Labute approximate surface area is 174 Å². The molecule has 3 rings (SSSR count). The lowest BCUT2D eigenvalue weighted by molar-refractivity contribution is -0.111. The van der Waals surface area contributed by atoms with Crippen LogP contribution >= 0.6 is 0 Å². The van der Waals surface area contributed by atoms with Crippen LogP contribution < -0.4 is 15.4 Å². The molecular weight excluding hydrogens is 384 g/mol. The number of hydrogen-bond acceptors (Lipinski definition) is 5. The summed E-state index contributed by atoms with van der Waals surface area (Å²) in [5.41, 5.74) is 2.87. The standard InChI is InChI=1S/C21H24N6O3/c1-5-27-20(21(29)25-17-12-22-26(3)14(17)2)18(13-23-27)24-19(28)11-8-15-6-9-16(30-4)10-7-15/h6-13H,5H2,1-4H3,(H,24,28)(H,25,29)/b11-8+. The minimum absolute atomic E-state index is 0.270. The number of benzene rings is 1. The number of aryl methyl sites for hydroxylation is 2. The van der Waals surface area contributed by atoms with Crippen LogP contribution in [0.5, 0.6) is 5.75 Å². The zero-order valence-electron chi connectivity index (χ0n) is 17.3. The van der Waals surface area contributed by atoms with Gasteiger partial charge in [-0.25, -0.2) is 0 Å². The second-order valence-electron chi connectivity index (χ2n) is 6.54. The molecule has 2 heterocycles. The second kappa shape index (κ2) is 9.08. The fraction of sp³-hybridized carbons (Fsp3) is 0.238. The lowest BCUT2D eigenvalue weighted by atomic mass is 10.2. The minimum atomic E-state index is -0.375. The monoisotopic (exact) mass is 408 g/mol. The van der Waals surface area contributed by atoms with E-state index in [0.717, 1.165) is 17.0 Å². The normalized spacial score (nSPS) is 10.9. The molecule has 0 aliphatic carbocycles. The highest BCUT2D eigenvalue weighted by Crippen LogP contribution is 2.20. The molecule has 0 saturated heterocycles. The fourth-order valence-corrected chi connectivity index (χ4v) is 2.82. The summed E-state index contributed by atoms with van der Waals surface area (Å²) < 4.78 is 8.32. The number of carbonyl (C=O) groups excluding carboxylic acids is 2. The van der Waals surface area contributed by atoms with Crippen molar-refractivity contribution >= 4 is 29.3 Å². The lowest BCUT2D eigenvalue weighted by Gasteiger charge is -2.09. The van der Waals surface area contributed by atoms with Crippen molar-refractivity contribution < 1.29 is 14.3 Å². The highest BCUT2D eigenvalue weighted by Gasteiger charge is 2.20. The van der Waals surface area contributed by atoms with E-state index in [1.807, 2.05) is 38.1 Å². The van der Waals surface area contributed by atoms with Gasteiger partial charge in [-0.1, -0.05) is 12.1 Å². The van der Waals surface area contributed by atoms with Crippen LogP contribution in [0.15, 0.2) is 42.7 Å². The summed E-state index contributed by atoms with van der Waals surface area (Å²) in [7, 11) is 3.39. The van der Waals surface area contributed by atoms with E-state index < -0.39 is 0 Å². The molecule has 1 aromatic carbocycles. The van der Waals surface area contributed by atoms with Gasteiger partial charge in [-0.3, -0.25) is 19.0 Å². The summed E-state index contributed by atoms with van der Waals surface area (Å²) in [4.78, 5) is 25.3. The van der Waals surface area contributed by atoms with E-state index in [2.05, 4.69) is 20.8 Å². The molecule has 0 aliphatic heterocycles. The fourth-order valence-electron chi connectivity index (χ4n) is 2.82. The first-order chi connectivity index (χ1) is 14.4. The van der Waals surface area contributed by atoms with Gasteiger partial charge in [-0.05, 0) is 37.6 Å². The molecule has 156 valence electrons. The Kier molecular flexibility index (Phi) is 6.31. The second-order valence-corrected chi connectivity index (χ2v) is 6.54. The number of ether oxygens (including phenoxy) is 1. The Morgan fingerprint density at radius 3 is 2.40 bits per heavy atom. The first kappa shape index (κ1) is 20.8. The Bertz CT molecular complexity index is 1080. The number of aromatic nitrogens is 4. The number of methoxy groups -OCH3 is 1. The van der Waals surface area contributed by atoms with Crippen LogP contribution in [-0.2, 0) is 18.4 Å². The summed E-state index contributed by atoms with van der Waals surface area (Å²) in [6.45, 7) is 4.20. The third-order valence-electron chi connectivity index (χ3n) is 4.64. The molecule has 2 amide bonds. The SMILES string of the molecule is CCn1ncc(NC(=O)/C=C/c2ccc(OC)cc2)c1C(=O)Nc1cnn(C)c1C. The molecule has 0 spiro atoms. The lowest BCUT2D eigenvalue weighted by Crippen LogP contribution is -2.20. The number of rotatable bonds is 7. The maximum absolute atomic E-state index is 12.9. The van der Waals surface area contributed by atoms with E-state index in [4.69, 9.17) is 4.74 Å². The highest BCUT2D eigenvalue weighted by atomic mass is 16.5. The van der Waals surface area contributed by atoms with Gasteiger partial charge in [0.05, 0.1) is 36.6 Å². The van der Waals surface area contributed by atoms with Gasteiger partial charge in [0.15, 0.2) is 0 Å². The molecule has 2 aromatic heterocycles. The molecule has 0 radical (unpaired) electrons. The van der Waals surface area contributed by atoms with Crippen molar-refractivity contribution in [2.75, 3.05) is 17.7 Å². The number of anilines is 2. The highest BCUT2D eigenvalue weighted by molar-refractivity contribution is 6.10. The molecule has 0 unspecified atom stereocenters. The van der Waals surface area contributed by atoms with Gasteiger partial charge >= 0.3 is 0 Å². The van der Waals surface area contributed by atoms with Gasteiger partial charge in [-0.2, -0.15) is 10.2 Å². The molecule has 0 bridgehead atoms. The number of nitrogens with one attached hydrogen (secondary N) is 2. The van der Waals surface area contributed by atoms with Gasteiger partial charge in [0.25, 0.3) is 5.91 Å². The van der Waals surface area contributed by atoms with E-state index in [1.165, 1.54) is 17.0 Å².